The Kier molecular flexibility index (Phi) is 3.89. The van der Waals surface area contributed by atoms with Crippen molar-refractivity contribution in [2.24, 2.45) is 0 Å². The normalized spacial score (nSPS) is 28.4. The molecular weight excluding hydrogens is 332 g/mol. The van der Waals surface area contributed by atoms with Crippen molar-refractivity contribution < 1.29 is 9.90 Å². The third kappa shape index (κ3) is 2.49. The number of carbonyl (C=O) groups is 1. The average Bonchev–Trinajstić information content (AvgIpc) is 3.12. The highest BCUT2D eigenvalue weighted by Crippen LogP contribution is 2.47. The van der Waals surface area contributed by atoms with E-state index in [1.54, 1.807) is 17.4 Å². The largest absolute Gasteiger partial charge is 0.508 e. The molecule has 1 aromatic heterocycles. The number of likely N-dealkylation sites (tertiary alicyclic amines) is 1. The van der Waals surface area contributed by atoms with E-state index in [0.29, 0.717) is 11.8 Å². The molecule has 1 amide bonds. The highest BCUT2D eigenvalue weighted by molar-refractivity contribution is 7.08. The van der Waals surface area contributed by atoms with Gasteiger partial charge in [-0.1, -0.05) is 13.0 Å². The van der Waals surface area contributed by atoms with Crippen LogP contribution < -0.4 is 0 Å². The molecule has 2 aliphatic rings. The van der Waals surface area contributed by atoms with Gasteiger partial charge in [-0.15, -0.1) is 0 Å². The summed E-state index contributed by atoms with van der Waals surface area (Å²) < 4.78 is 0. The fourth-order valence-corrected chi connectivity index (χ4v) is 5.48. The molecule has 0 spiro atoms. The number of hydrogen-bond acceptors (Lipinski definition) is 4. The Balaban J connectivity index is 1.80. The van der Waals surface area contributed by atoms with Gasteiger partial charge in [0.2, 0.25) is 0 Å². The van der Waals surface area contributed by atoms with Gasteiger partial charge in [0, 0.05) is 23.9 Å². The standard InChI is InChI=1S/C20H24N2O2S/c1-20-7-8-21(2)17(10-13-4-5-15(23)11-16(13)20)18(20)22(3)19(24)14-6-9-25-12-14/h4-6,9,11-12,17-18,23H,7-8,10H2,1-3H3. The zero-order valence-electron chi connectivity index (χ0n) is 14.9. The molecule has 4 rings (SSSR count). The Morgan fingerprint density at radius 1 is 1.40 bits per heavy atom. The molecule has 25 heavy (non-hydrogen) atoms. The molecule has 3 unspecified atom stereocenters. The van der Waals surface area contributed by atoms with Crippen molar-refractivity contribution in [3.63, 3.8) is 0 Å². The molecule has 132 valence electrons. The molecule has 1 aliphatic carbocycles. The minimum absolute atomic E-state index is 0.0846. The average molecular weight is 356 g/mol. The number of phenolic OH excluding ortho intramolecular Hbond substituents is 1. The van der Waals surface area contributed by atoms with E-state index in [4.69, 9.17) is 0 Å². The van der Waals surface area contributed by atoms with Gasteiger partial charge in [-0.25, -0.2) is 0 Å². The number of benzene rings is 1. The van der Waals surface area contributed by atoms with Crippen LogP contribution in [0.25, 0.3) is 0 Å². The van der Waals surface area contributed by atoms with Crippen molar-refractivity contribution in [3.8, 4) is 5.75 Å². The predicted octanol–water partition coefficient (Wildman–Crippen LogP) is 3.11. The summed E-state index contributed by atoms with van der Waals surface area (Å²) in [6.45, 7) is 3.26. The van der Waals surface area contributed by atoms with Gasteiger partial charge in [-0.3, -0.25) is 4.79 Å². The maximum Gasteiger partial charge on any atom is 0.254 e. The lowest BCUT2D eigenvalue weighted by Gasteiger charge is -2.57. The summed E-state index contributed by atoms with van der Waals surface area (Å²) in [5, 5.41) is 13.9. The van der Waals surface area contributed by atoms with Crippen molar-refractivity contribution >= 4 is 17.2 Å². The first-order valence-electron chi connectivity index (χ1n) is 8.74. The lowest BCUT2D eigenvalue weighted by Crippen LogP contribution is -2.67. The molecule has 4 nitrogen and oxygen atoms in total. The molecule has 1 fully saturated rings. The van der Waals surface area contributed by atoms with Crippen LogP contribution in [-0.4, -0.2) is 53.5 Å². The van der Waals surface area contributed by atoms with Crippen molar-refractivity contribution in [1.29, 1.82) is 0 Å². The predicted molar refractivity (Wildman–Crippen MR) is 100 cm³/mol. The van der Waals surface area contributed by atoms with Crippen LogP contribution in [0.3, 0.4) is 0 Å². The number of aromatic hydroxyl groups is 1. The number of hydrogen-bond donors (Lipinski definition) is 1. The summed E-state index contributed by atoms with van der Waals surface area (Å²) in [4.78, 5) is 17.4. The lowest BCUT2D eigenvalue weighted by molar-refractivity contribution is 0.00532. The summed E-state index contributed by atoms with van der Waals surface area (Å²) in [7, 11) is 4.09. The van der Waals surface area contributed by atoms with Gasteiger partial charge in [-0.05, 0) is 61.1 Å². The number of likely N-dealkylation sites (N-methyl/N-ethyl adjacent to an activating group) is 2. The van der Waals surface area contributed by atoms with E-state index in [0.717, 1.165) is 24.9 Å². The molecule has 2 bridgehead atoms. The molecular formula is C20H24N2O2S. The smallest absolute Gasteiger partial charge is 0.254 e. The van der Waals surface area contributed by atoms with Gasteiger partial charge in [-0.2, -0.15) is 11.3 Å². The summed E-state index contributed by atoms with van der Waals surface area (Å²) >= 11 is 1.55. The zero-order valence-corrected chi connectivity index (χ0v) is 15.7. The van der Waals surface area contributed by atoms with Crippen molar-refractivity contribution in [2.45, 2.75) is 37.3 Å². The number of rotatable bonds is 2. The van der Waals surface area contributed by atoms with Crippen LogP contribution in [0.2, 0.25) is 0 Å². The lowest BCUT2D eigenvalue weighted by atomic mass is 9.61. The third-order valence-corrected chi connectivity index (χ3v) is 6.89. The van der Waals surface area contributed by atoms with Gasteiger partial charge in [0.05, 0.1) is 11.6 Å². The molecule has 1 aliphatic heterocycles. The van der Waals surface area contributed by atoms with Gasteiger partial charge in [0.15, 0.2) is 0 Å². The van der Waals surface area contributed by atoms with E-state index < -0.39 is 0 Å². The molecule has 0 radical (unpaired) electrons. The van der Waals surface area contributed by atoms with E-state index in [2.05, 4.69) is 18.9 Å². The molecule has 0 saturated carbocycles. The second-order valence-corrected chi connectivity index (χ2v) is 8.41. The van der Waals surface area contributed by atoms with Crippen LogP contribution in [0.15, 0.2) is 35.0 Å². The molecule has 1 aromatic carbocycles. The van der Waals surface area contributed by atoms with Crippen LogP contribution in [0.4, 0.5) is 0 Å². The molecule has 5 heteroatoms. The molecule has 1 saturated heterocycles. The first-order valence-corrected chi connectivity index (χ1v) is 9.68. The molecule has 2 heterocycles. The maximum absolute atomic E-state index is 13.0. The van der Waals surface area contributed by atoms with E-state index in [9.17, 15) is 9.90 Å². The van der Waals surface area contributed by atoms with Crippen molar-refractivity contribution in [3.05, 3.63) is 51.7 Å². The minimum Gasteiger partial charge on any atom is -0.508 e. The van der Waals surface area contributed by atoms with Crippen LogP contribution in [0, 0.1) is 0 Å². The summed E-state index contributed by atoms with van der Waals surface area (Å²) in [5.74, 6) is 0.393. The zero-order chi connectivity index (χ0) is 17.8. The van der Waals surface area contributed by atoms with E-state index in [-0.39, 0.29) is 17.4 Å². The highest BCUT2D eigenvalue weighted by atomic mass is 32.1. The van der Waals surface area contributed by atoms with Crippen molar-refractivity contribution in [1.82, 2.24) is 9.80 Å². The first-order chi connectivity index (χ1) is 11.9. The van der Waals surface area contributed by atoms with E-state index in [1.807, 2.05) is 40.9 Å². The number of carbonyl (C=O) groups excluding carboxylic acids is 1. The fraction of sp³-hybridized carbons (Fsp3) is 0.450. The maximum atomic E-state index is 13.0. The Labute approximate surface area is 152 Å². The Morgan fingerprint density at radius 3 is 2.92 bits per heavy atom. The number of phenols is 1. The second-order valence-electron chi connectivity index (χ2n) is 7.63. The third-order valence-electron chi connectivity index (χ3n) is 6.21. The van der Waals surface area contributed by atoms with Gasteiger partial charge >= 0.3 is 0 Å². The van der Waals surface area contributed by atoms with Gasteiger partial charge in [0.25, 0.3) is 5.91 Å². The molecule has 1 N–H and O–H groups in total. The number of fused-ring (bicyclic) bond motifs is 4. The summed E-state index contributed by atoms with van der Waals surface area (Å²) in [6, 6.07) is 8.02. The van der Waals surface area contributed by atoms with Crippen LogP contribution in [0.5, 0.6) is 5.75 Å². The topological polar surface area (TPSA) is 43.8 Å². The SMILES string of the molecule is CN1CCC2(C)c3cc(O)ccc3CC1C2N(C)C(=O)c1ccsc1. The second kappa shape index (κ2) is 5.85. The molecule has 2 aromatic rings. The van der Waals surface area contributed by atoms with Crippen LogP contribution in [0.1, 0.15) is 34.8 Å². The Bertz CT molecular complexity index is 804. The minimum atomic E-state index is -0.149. The first kappa shape index (κ1) is 16.6. The van der Waals surface area contributed by atoms with E-state index in [1.165, 1.54) is 11.1 Å². The number of nitrogens with zero attached hydrogens (tertiary/aromatic N) is 2. The fourth-order valence-electron chi connectivity index (χ4n) is 4.85. The highest BCUT2D eigenvalue weighted by Gasteiger charge is 2.52. The number of amides is 1. The Morgan fingerprint density at radius 2 is 2.20 bits per heavy atom. The number of piperidine rings is 1. The quantitative estimate of drug-likeness (QED) is 0.899. The van der Waals surface area contributed by atoms with Crippen LogP contribution >= 0.6 is 11.3 Å². The number of thiophene rings is 1. The van der Waals surface area contributed by atoms with Crippen molar-refractivity contribution in [2.75, 3.05) is 20.6 Å². The summed E-state index contributed by atoms with van der Waals surface area (Å²) in [5.41, 5.74) is 3.11. The van der Waals surface area contributed by atoms with Gasteiger partial charge < -0.3 is 14.9 Å². The Hall–Kier alpha value is -1.85. The van der Waals surface area contributed by atoms with Gasteiger partial charge in [0.1, 0.15) is 5.75 Å². The van der Waals surface area contributed by atoms with E-state index >= 15 is 0 Å². The summed E-state index contributed by atoms with van der Waals surface area (Å²) in [6.07, 6.45) is 1.88. The van der Waals surface area contributed by atoms with Crippen LogP contribution in [-0.2, 0) is 11.8 Å². The monoisotopic (exact) mass is 356 g/mol. The molecule has 3 atom stereocenters.